The molecule has 1 aromatic rings. The van der Waals surface area contributed by atoms with Gasteiger partial charge in [-0.2, -0.15) is 4.31 Å². The van der Waals surface area contributed by atoms with Gasteiger partial charge in [-0.3, -0.25) is 14.4 Å². The second-order valence-electron chi connectivity index (χ2n) is 8.49. The van der Waals surface area contributed by atoms with Gasteiger partial charge >= 0.3 is 17.9 Å². The van der Waals surface area contributed by atoms with Crippen molar-refractivity contribution in [3.63, 3.8) is 0 Å². The maximum absolute atomic E-state index is 13.6. The van der Waals surface area contributed by atoms with Gasteiger partial charge in [0.1, 0.15) is 6.04 Å². The van der Waals surface area contributed by atoms with Crippen LogP contribution in [0.5, 0.6) is 0 Å². The number of carbonyl (C=O) groups is 3. The highest BCUT2D eigenvalue weighted by atomic mass is 32.2. The zero-order valence-corrected chi connectivity index (χ0v) is 21.8. The van der Waals surface area contributed by atoms with Crippen LogP contribution in [0.25, 0.3) is 0 Å². The zero-order valence-electron chi connectivity index (χ0n) is 20.9. The molecule has 0 bridgehead atoms. The van der Waals surface area contributed by atoms with E-state index in [0.717, 1.165) is 9.87 Å². The molecule has 192 valence electrons. The van der Waals surface area contributed by atoms with Crippen LogP contribution >= 0.6 is 0 Å². The Morgan fingerprint density at radius 1 is 1.09 bits per heavy atom. The number of aryl methyl sites for hydroxylation is 1. The Labute approximate surface area is 206 Å². The van der Waals surface area contributed by atoms with Crippen molar-refractivity contribution in [2.45, 2.75) is 44.6 Å². The van der Waals surface area contributed by atoms with Crippen molar-refractivity contribution in [2.24, 2.45) is 11.8 Å². The third-order valence-corrected chi connectivity index (χ3v) is 7.96. The van der Waals surface area contributed by atoms with Crippen molar-refractivity contribution in [2.75, 3.05) is 27.9 Å². The molecule has 35 heavy (non-hydrogen) atoms. The van der Waals surface area contributed by atoms with E-state index in [2.05, 4.69) is 0 Å². The van der Waals surface area contributed by atoms with Gasteiger partial charge < -0.3 is 14.2 Å². The van der Waals surface area contributed by atoms with E-state index in [4.69, 9.17) is 14.2 Å². The summed E-state index contributed by atoms with van der Waals surface area (Å²) >= 11 is 0. The summed E-state index contributed by atoms with van der Waals surface area (Å²) in [7, 11) is -0.359. The smallest absolute Gasteiger partial charge is 0.324 e. The van der Waals surface area contributed by atoms with Crippen molar-refractivity contribution >= 4 is 27.9 Å². The number of hydrogen-bond donors (Lipinski definition) is 0. The number of allylic oxidation sites excluding steroid dienone is 3. The minimum atomic E-state index is -4.09. The molecule has 9 nitrogen and oxygen atoms in total. The topological polar surface area (TPSA) is 116 Å². The van der Waals surface area contributed by atoms with Gasteiger partial charge in [-0.25, -0.2) is 8.42 Å². The molecule has 0 aliphatic carbocycles. The summed E-state index contributed by atoms with van der Waals surface area (Å²) in [5.41, 5.74) is 2.18. The Balaban J connectivity index is 2.55. The molecule has 2 rings (SSSR count). The molecule has 1 aliphatic rings. The van der Waals surface area contributed by atoms with Crippen molar-refractivity contribution in [3.8, 4) is 0 Å². The first-order chi connectivity index (χ1) is 16.5. The van der Waals surface area contributed by atoms with Crippen LogP contribution in [0, 0.1) is 18.8 Å². The summed E-state index contributed by atoms with van der Waals surface area (Å²) in [6, 6.07) is 5.08. The fraction of sp³-hybridized carbons (Fsp3) is 0.480. The molecule has 1 fully saturated rings. The Hall–Kier alpha value is -2.98. The van der Waals surface area contributed by atoms with Gasteiger partial charge in [0.15, 0.2) is 0 Å². The summed E-state index contributed by atoms with van der Waals surface area (Å²) in [4.78, 5) is 36.8. The van der Waals surface area contributed by atoms with Gasteiger partial charge in [0.05, 0.1) is 38.6 Å². The second-order valence-corrected chi connectivity index (χ2v) is 10.4. The van der Waals surface area contributed by atoms with Crippen LogP contribution in [0.1, 0.15) is 32.3 Å². The number of carbonyl (C=O) groups excluding carboxylic acids is 3. The first kappa shape index (κ1) is 28.3. The van der Waals surface area contributed by atoms with Crippen LogP contribution in [0.3, 0.4) is 0 Å². The standard InChI is InChI=1S/C25H33NO8S/c1-16-10-12-19(13-11-16)35(30,31)26-15-21(17(2)8-7-9-18(3)24(28)33-5)20(14-22(27)32-4)23(26)25(29)34-6/h7-8,10-13,18,20,23H,9,14-15H2,1-6H3/b8-7+,21-17+/t18-,20+,23+/m1/s1. The van der Waals surface area contributed by atoms with Gasteiger partial charge in [0, 0.05) is 12.5 Å². The fourth-order valence-electron chi connectivity index (χ4n) is 4.03. The van der Waals surface area contributed by atoms with Crippen LogP contribution in [-0.4, -0.2) is 64.5 Å². The predicted octanol–water partition coefficient (Wildman–Crippen LogP) is 2.79. The lowest BCUT2D eigenvalue weighted by Crippen LogP contribution is -2.44. The SMILES string of the molecule is COC(=O)C[C@H]1/C(=C(C)/C=C/C[C@@H](C)C(=O)OC)CN(S(=O)(=O)c2ccc(C)cc2)[C@@H]1C(=O)OC. The van der Waals surface area contributed by atoms with Crippen LogP contribution in [0.15, 0.2) is 52.5 Å². The Morgan fingerprint density at radius 2 is 1.71 bits per heavy atom. The maximum Gasteiger partial charge on any atom is 0.324 e. The Kier molecular flexibility index (Phi) is 9.79. The highest BCUT2D eigenvalue weighted by Gasteiger charge is 2.50. The van der Waals surface area contributed by atoms with Gasteiger partial charge in [-0.1, -0.05) is 42.3 Å². The number of benzene rings is 1. The number of nitrogens with zero attached hydrogens (tertiary/aromatic N) is 1. The average molecular weight is 508 g/mol. The number of sulfonamides is 1. The predicted molar refractivity (Wildman–Crippen MR) is 129 cm³/mol. The number of rotatable bonds is 9. The molecule has 1 heterocycles. The highest BCUT2D eigenvalue weighted by molar-refractivity contribution is 7.89. The normalized spacial score (nSPS) is 21.0. The molecule has 0 radical (unpaired) electrons. The molecule has 1 saturated heterocycles. The first-order valence-electron chi connectivity index (χ1n) is 11.1. The largest absolute Gasteiger partial charge is 0.469 e. The minimum absolute atomic E-state index is 0.0372. The van der Waals surface area contributed by atoms with Crippen molar-refractivity contribution < 1.29 is 37.0 Å². The number of hydrogen-bond acceptors (Lipinski definition) is 8. The summed E-state index contributed by atoms with van der Waals surface area (Å²) in [5, 5.41) is 0. The van der Waals surface area contributed by atoms with Crippen molar-refractivity contribution in [1.29, 1.82) is 0 Å². The lowest BCUT2D eigenvalue weighted by molar-refractivity contribution is -0.147. The quantitative estimate of drug-likeness (QED) is 0.370. The fourth-order valence-corrected chi connectivity index (χ4v) is 5.62. The Bertz CT molecular complexity index is 1100. The molecule has 0 aromatic heterocycles. The molecule has 0 spiro atoms. The Morgan fingerprint density at radius 3 is 2.26 bits per heavy atom. The third kappa shape index (κ3) is 6.58. The molecule has 0 amide bonds. The summed E-state index contributed by atoms with van der Waals surface area (Å²) in [6.45, 7) is 5.25. The minimum Gasteiger partial charge on any atom is -0.469 e. The van der Waals surface area contributed by atoms with E-state index in [1.807, 2.05) is 6.92 Å². The van der Waals surface area contributed by atoms with Crippen molar-refractivity contribution in [1.82, 2.24) is 4.31 Å². The number of methoxy groups -OCH3 is 3. The molecular formula is C25H33NO8S. The van der Waals surface area contributed by atoms with Crippen molar-refractivity contribution in [3.05, 3.63) is 53.1 Å². The molecule has 3 atom stereocenters. The third-order valence-electron chi connectivity index (χ3n) is 6.12. The molecule has 1 aliphatic heterocycles. The molecule has 0 unspecified atom stereocenters. The van der Waals surface area contributed by atoms with Gasteiger partial charge in [-0.15, -0.1) is 0 Å². The van der Waals surface area contributed by atoms with Crippen LogP contribution in [0.4, 0.5) is 0 Å². The summed E-state index contributed by atoms with van der Waals surface area (Å²) in [6.07, 6.45) is 3.75. The number of ether oxygens (including phenoxy) is 3. The molecule has 10 heteroatoms. The average Bonchev–Trinajstić information content (AvgIpc) is 3.22. The summed E-state index contributed by atoms with van der Waals surface area (Å²) < 4.78 is 42.7. The highest BCUT2D eigenvalue weighted by Crippen LogP contribution is 2.39. The zero-order chi connectivity index (χ0) is 26.3. The van der Waals surface area contributed by atoms with E-state index in [0.29, 0.717) is 17.6 Å². The lowest BCUT2D eigenvalue weighted by atomic mass is 9.89. The van der Waals surface area contributed by atoms with E-state index in [9.17, 15) is 22.8 Å². The maximum atomic E-state index is 13.6. The molecule has 1 aromatic carbocycles. The molecular weight excluding hydrogens is 474 g/mol. The van der Waals surface area contributed by atoms with E-state index < -0.39 is 33.9 Å². The summed E-state index contributed by atoms with van der Waals surface area (Å²) in [5.74, 6) is -2.82. The van der Waals surface area contributed by atoms with Gasteiger partial charge in [0.25, 0.3) is 0 Å². The van der Waals surface area contributed by atoms with Gasteiger partial charge in [-0.05, 0) is 38.0 Å². The molecule has 0 saturated carbocycles. The molecule has 0 N–H and O–H groups in total. The van der Waals surface area contributed by atoms with Crippen LogP contribution < -0.4 is 0 Å². The first-order valence-corrected chi connectivity index (χ1v) is 12.6. The van der Waals surface area contributed by atoms with E-state index >= 15 is 0 Å². The number of esters is 3. The van der Waals surface area contributed by atoms with E-state index in [-0.39, 0.29) is 29.7 Å². The monoisotopic (exact) mass is 507 g/mol. The second kappa shape index (κ2) is 12.1. The van der Waals surface area contributed by atoms with Gasteiger partial charge in [0.2, 0.25) is 10.0 Å². The van der Waals surface area contributed by atoms with E-state index in [1.54, 1.807) is 38.1 Å². The van der Waals surface area contributed by atoms with E-state index in [1.165, 1.54) is 33.5 Å². The van der Waals surface area contributed by atoms with Crippen LogP contribution in [-0.2, 0) is 38.6 Å². The lowest BCUT2D eigenvalue weighted by Gasteiger charge is -2.25. The van der Waals surface area contributed by atoms with Crippen LogP contribution in [0.2, 0.25) is 0 Å².